The zero-order chi connectivity index (χ0) is 26.0. The summed E-state index contributed by atoms with van der Waals surface area (Å²) in [7, 11) is 4.53. The molecule has 0 bridgehead atoms. The van der Waals surface area contributed by atoms with Crippen molar-refractivity contribution < 1.29 is 23.7 Å². The van der Waals surface area contributed by atoms with Crippen molar-refractivity contribution in [3.63, 3.8) is 0 Å². The SMILES string of the molecule is COc1cc(OC)cc(C(=O)Oc2ccc(C=NN=C(c3ccccc3)c3ccccc3)cc2OC)c1. The van der Waals surface area contributed by atoms with Gasteiger partial charge in [0.25, 0.3) is 0 Å². The predicted molar refractivity (Wildman–Crippen MR) is 144 cm³/mol. The van der Waals surface area contributed by atoms with Gasteiger partial charge in [0.05, 0.1) is 33.1 Å². The molecule has 0 saturated heterocycles. The van der Waals surface area contributed by atoms with Crippen molar-refractivity contribution >= 4 is 17.9 Å². The van der Waals surface area contributed by atoms with Crippen molar-refractivity contribution in [1.82, 2.24) is 0 Å². The summed E-state index contributed by atoms with van der Waals surface area (Å²) in [6.45, 7) is 0. The number of methoxy groups -OCH3 is 3. The van der Waals surface area contributed by atoms with E-state index in [1.54, 1.807) is 42.6 Å². The Morgan fingerprint density at radius 2 is 1.24 bits per heavy atom. The molecular weight excluding hydrogens is 468 g/mol. The number of hydrogen-bond donors (Lipinski definition) is 0. The fourth-order valence-corrected chi connectivity index (χ4v) is 3.56. The second-order valence-electron chi connectivity index (χ2n) is 7.83. The number of ether oxygens (including phenoxy) is 4. The van der Waals surface area contributed by atoms with Gasteiger partial charge in [0.2, 0.25) is 0 Å². The van der Waals surface area contributed by atoms with Crippen LogP contribution in [0.3, 0.4) is 0 Å². The lowest BCUT2D eigenvalue weighted by Crippen LogP contribution is -2.10. The zero-order valence-electron chi connectivity index (χ0n) is 20.8. The van der Waals surface area contributed by atoms with E-state index < -0.39 is 5.97 Å². The topological polar surface area (TPSA) is 78.7 Å². The van der Waals surface area contributed by atoms with Crippen LogP contribution in [0.2, 0.25) is 0 Å². The molecule has 186 valence electrons. The van der Waals surface area contributed by atoms with Crippen LogP contribution in [-0.4, -0.2) is 39.2 Å². The molecule has 0 atom stereocenters. The summed E-state index contributed by atoms with van der Waals surface area (Å²) in [6.07, 6.45) is 1.62. The highest BCUT2D eigenvalue weighted by Crippen LogP contribution is 2.30. The third-order valence-corrected chi connectivity index (χ3v) is 5.44. The molecule has 0 aliphatic rings. The third-order valence-electron chi connectivity index (χ3n) is 5.44. The summed E-state index contributed by atoms with van der Waals surface area (Å²) in [4.78, 5) is 12.8. The molecule has 0 aliphatic heterocycles. The molecule has 0 amide bonds. The summed E-state index contributed by atoms with van der Waals surface area (Å²) in [5, 5.41) is 8.81. The van der Waals surface area contributed by atoms with Gasteiger partial charge >= 0.3 is 5.97 Å². The van der Waals surface area contributed by atoms with Gasteiger partial charge < -0.3 is 18.9 Å². The Labute approximate surface area is 215 Å². The Balaban J connectivity index is 1.56. The summed E-state index contributed by atoms with van der Waals surface area (Å²) in [5.74, 6) is 1.04. The quantitative estimate of drug-likeness (QED) is 0.127. The Morgan fingerprint density at radius 1 is 0.649 bits per heavy atom. The van der Waals surface area contributed by atoms with E-state index in [-0.39, 0.29) is 11.3 Å². The van der Waals surface area contributed by atoms with Crippen LogP contribution < -0.4 is 18.9 Å². The van der Waals surface area contributed by atoms with E-state index in [1.807, 2.05) is 60.7 Å². The number of hydrogen-bond acceptors (Lipinski definition) is 7. The number of rotatable bonds is 9. The standard InChI is InChI=1S/C30H26N2O5/c1-34-25-17-24(18-26(19-25)35-2)30(33)37-27-15-14-21(16-28(27)36-3)20-31-32-29(22-10-6-4-7-11-22)23-12-8-5-9-13-23/h4-20H,1-3H3. The maximum Gasteiger partial charge on any atom is 0.343 e. The Bertz CT molecular complexity index is 1350. The minimum atomic E-state index is -0.572. The van der Waals surface area contributed by atoms with Crippen molar-refractivity contribution in [2.24, 2.45) is 10.2 Å². The van der Waals surface area contributed by atoms with Crippen LogP contribution in [0, 0.1) is 0 Å². The Morgan fingerprint density at radius 3 is 1.78 bits per heavy atom. The molecule has 0 fully saturated rings. The second-order valence-corrected chi connectivity index (χ2v) is 7.83. The average molecular weight is 495 g/mol. The molecule has 7 heteroatoms. The maximum atomic E-state index is 12.8. The molecule has 0 heterocycles. The molecule has 4 rings (SSSR count). The van der Waals surface area contributed by atoms with E-state index in [0.717, 1.165) is 22.4 Å². The average Bonchev–Trinajstić information content (AvgIpc) is 2.96. The van der Waals surface area contributed by atoms with Crippen LogP contribution in [-0.2, 0) is 0 Å². The molecule has 0 aromatic heterocycles. The van der Waals surface area contributed by atoms with Crippen molar-refractivity contribution in [2.45, 2.75) is 0 Å². The lowest BCUT2D eigenvalue weighted by atomic mass is 10.0. The molecule has 37 heavy (non-hydrogen) atoms. The molecule has 7 nitrogen and oxygen atoms in total. The van der Waals surface area contributed by atoms with E-state index >= 15 is 0 Å². The largest absolute Gasteiger partial charge is 0.497 e. The molecule has 4 aromatic rings. The van der Waals surface area contributed by atoms with E-state index in [1.165, 1.54) is 21.3 Å². The molecule has 0 aliphatic carbocycles. The van der Waals surface area contributed by atoms with Gasteiger partial charge in [-0.1, -0.05) is 60.7 Å². The number of esters is 1. The van der Waals surface area contributed by atoms with Crippen LogP contribution in [0.5, 0.6) is 23.0 Å². The summed E-state index contributed by atoms with van der Waals surface area (Å²) >= 11 is 0. The van der Waals surface area contributed by atoms with Crippen molar-refractivity contribution in [2.75, 3.05) is 21.3 Å². The van der Waals surface area contributed by atoms with Gasteiger partial charge in [-0.3, -0.25) is 0 Å². The summed E-state index contributed by atoms with van der Waals surface area (Å²) < 4.78 is 21.5. The first kappa shape index (κ1) is 25.2. The lowest BCUT2D eigenvalue weighted by Gasteiger charge is -2.11. The van der Waals surface area contributed by atoms with Crippen molar-refractivity contribution in [3.05, 3.63) is 119 Å². The summed E-state index contributed by atoms with van der Waals surface area (Å²) in [5.41, 5.74) is 3.68. The molecule has 0 saturated carbocycles. The minimum Gasteiger partial charge on any atom is -0.497 e. The monoisotopic (exact) mass is 494 g/mol. The molecular formula is C30H26N2O5. The van der Waals surface area contributed by atoms with Crippen LogP contribution in [0.15, 0.2) is 107 Å². The fraction of sp³-hybridized carbons (Fsp3) is 0.100. The Kier molecular flexibility index (Phi) is 8.29. The van der Waals surface area contributed by atoms with Crippen LogP contribution in [0.1, 0.15) is 27.0 Å². The van der Waals surface area contributed by atoms with Crippen LogP contribution in [0.25, 0.3) is 0 Å². The molecule has 0 unspecified atom stereocenters. The highest BCUT2D eigenvalue weighted by atomic mass is 16.6. The van der Waals surface area contributed by atoms with Crippen molar-refractivity contribution in [1.29, 1.82) is 0 Å². The first-order valence-electron chi connectivity index (χ1n) is 11.5. The number of carbonyl (C=O) groups excluding carboxylic acids is 1. The third kappa shape index (κ3) is 6.41. The van der Waals surface area contributed by atoms with E-state index in [4.69, 9.17) is 18.9 Å². The van der Waals surface area contributed by atoms with E-state index in [9.17, 15) is 4.79 Å². The van der Waals surface area contributed by atoms with E-state index in [2.05, 4.69) is 10.2 Å². The minimum absolute atomic E-state index is 0.268. The Hall–Kier alpha value is -4.91. The smallest absolute Gasteiger partial charge is 0.343 e. The van der Waals surface area contributed by atoms with Gasteiger partial charge in [0.1, 0.15) is 17.2 Å². The number of benzene rings is 4. The maximum absolute atomic E-state index is 12.8. The van der Waals surface area contributed by atoms with Gasteiger partial charge in [-0.15, -0.1) is 5.10 Å². The highest BCUT2D eigenvalue weighted by molar-refractivity contribution is 6.13. The van der Waals surface area contributed by atoms with Crippen molar-refractivity contribution in [3.8, 4) is 23.0 Å². The fourth-order valence-electron chi connectivity index (χ4n) is 3.56. The zero-order valence-corrected chi connectivity index (χ0v) is 20.8. The first-order chi connectivity index (χ1) is 18.1. The lowest BCUT2D eigenvalue weighted by molar-refractivity contribution is 0.0729. The first-order valence-corrected chi connectivity index (χ1v) is 11.5. The van der Waals surface area contributed by atoms with Gasteiger partial charge in [0, 0.05) is 17.2 Å². The number of nitrogens with zero attached hydrogens (tertiary/aromatic N) is 2. The van der Waals surface area contributed by atoms with Gasteiger partial charge in [-0.25, -0.2) is 4.79 Å². The number of carbonyl (C=O) groups is 1. The van der Waals surface area contributed by atoms with Gasteiger partial charge in [-0.2, -0.15) is 5.10 Å². The van der Waals surface area contributed by atoms with Gasteiger partial charge in [0.15, 0.2) is 11.5 Å². The molecule has 4 aromatic carbocycles. The summed E-state index contributed by atoms with van der Waals surface area (Å²) in [6, 6.07) is 29.7. The van der Waals surface area contributed by atoms with Crippen LogP contribution >= 0.6 is 0 Å². The molecule has 0 N–H and O–H groups in total. The van der Waals surface area contributed by atoms with Crippen LogP contribution in [0.4, 0.5) is 0 Å². The normalized spacial score (nSPS) is 10.6. The van der Waals surface area contributed by atoms with Gasteiger partial charge in [-0.05, 0) is 35.9 Å². The molecule has 0 radical (unpaired) electrons. The predicted octanol–water partition coefficient (Wildman–Crippen LogP) is 5.80. The second kappa shape index (κ2) is 12.2. The van der Waals surface area contributed by atoms with E-state index in [0.29, 0.717) is 17.2 Å². The molecule has 0 spiro atoms. The highest BCUT2D eigenvalue weighted by Gasteiger charge is 2.15.